The first kappa shape index (κ1) is 6.25. The van der Waals surface area contributed by atoms with Gasteiger partial charge in [0.05, 0.1) is 6.20 Å². The molecule has 0 amide bonds. The van der Waals surface area contributed by atoms with E-state index in [0.29, 0.717) is 5.56 Å². The fourth-order valence-electron chi connectivity index (χ4n) is 0.532. The number of hydrogen-bond donors (Lipinski definition) is 2. The van der Waals surface area contributed by atoms with E-state index >= 15 is 0 Å². The Hall–Kier alpha value is -0.870. The molecule has 9 heavy (non-hydrogen) atoms. The van der Waals surface area contributed by atoms with Gasteiger partial charge in [-0.2, -0.15) is 5.10 Å². The van der Waals surface area contributed by atoms with Crippen LogP contribution in [0.2, 0.25) is 0 Å². The number of nitrogens with one attached hydrogen (secondary N) is 1. The highest BCUT2D eigenvalue weighted by molar-refractivity contribution is 5.03. The lowest BCUT2D eigenvalue weighted by atomic mass is 10.4. The largest absolute Gasteiger partial charge is 0.364 e. The molecular formula is C5H8N2O2. The van der Waals surface area contributed by atoms with Crippen LogP contribution in [-0.2, 0) is 4.74 Å². The summed E-state index contributed by atoms with van der Waals surface area (Å²) in [7, 11) is 1.43. The average molecular weight is 128 g/mol. The van der Waals surface area contributed by atoms with E-state index in [-0.39, 0.29) is 0 Å². The van der Waals surface area contributed by atoms with E-state index in [1.165, 1.54) is 13.3 Å². The number of aromatic nitrogens is 2. The Labute approximate surface area is 52.5 Å². The molecule has 0 spiro atoms. The van der Waals surface area contributed by atoms with Crippen LogP contribution < -0.4 is 0 Å². The average Bonchev–Trinajstić information content (AvgIpc) is 2.37. The number of ether oxygens (including phenoxy) is 1. The molecule has 0 bridgehead atoms. The van der Waals surface area contributed by atoms with Crippen molar-refractivity contribution < 1.29 is 9.84 Å². The summed E-state index contributed by atoms with van der Waals surface area (Å²) in [4.78, 5) is 0. The van der Waals surface area contributed by atoms with Gasteiger partial charge in [-0.3, -0.25) is 5.10 Å². The zero-order valence-corrected chi connectivity index (χ0v) is 5.03. The summed E-state index contributed by atoms with van der Waals surface area (Å²) >= 11 is 0. The van der Waals surface area contributed by atoms with Crippen LogP contribution in [0.25, 0.3) is 0 Å². The van der Waals surface area contributed by atoms with Crippen molar-refractivity contribution in [3.05, 3.63) is 18.0 Å². The lowest BCUT2D eigenvalue weighted by Crippen LogP contribution is -1.96. The van der Waals surface area contributed by atoms with Crippen LogP contribution in [-0.4, -0.2) is 22.4 Å². The van der Waals surface area contributed by atoms with Crippen LogP contribution in [0.5, 0.6) is 0 Å². The number of aliphatic hydroxyl groups excluding tert-OH is 1. The highest BCUT2D eigenvalue weighted by atomic mass is 16.6. The van der Waals surface area contributed by atoms with E-state index in [0.717, 1.165) is 0 Å². The van der Waals surface area contributed by atoms with Gasteiger partial charge < -0.3 is 9.84 Å². The molecule has 1 rings (SSSR count). The van der Waals surface area contributed by atoms with Gasteiger partial charge in [-0.25, -0.2) is 0 Å². The topological polar surface area (TPSA) is 58.1 Å². The first-order chi connectivity index (χ1) is 4.34. The molecular weight excluding hydrogens is 120 g/mol. The molecule has 2 N–H and O–H groups in total. The summed E-state index contributed by atoms with van der Waals surface area (Å²) in [6.45, 7) is 0. The number of aromatic amines is 1. The molecule has 0 saturated heterocycles. The van der Waals surface area contributed by atoms with Gasteiger partial charge in [0.2, 0.25) is 0 Å². The fraction of sp³-hybridized carbons (Fsp3) is 0.400. The Morgan fingerprint density at radius 1 is 1.89 bits per heavy atom. The lowest BCUT2D eigenvalue weighted by Gasteiger charge is -2.02. The van der Waals surface area contributed by atoms with Crippen molar-refractivity contribution in [3.8, 4) is 0 Å². The van der Waals surface area contributed by atoms with Gasteiger partial charge in [0.25, 0.3) is 0 Å². The van der Waals surface area contributed by atoms with Crippen LogP contribution in [0, 0.1) is 0 Å². The van der Waals surface area contributed by atoms with Crippen molar-refractivity contribution in [1.29, 1.82) is 0 Å². The molecule has 1 aromatic rings. The Bertz CT molecular complexity index is 161. The second-order valence-electron chi connectivity index (χ2n) is 1.62. The molecule has 1 heterocycles. The van der Waals surface area contributed by atoms with Crippen LogP contribution in [0.15, 0.2) is 12.4 Å². The van der Waals surface area contributed by atoms with Gasteiger partial charge in [0, 0.05) is 18.9 Å². The maximum Gasteiger partial charge on any atom is 0.183 e. The second-order valence-corrected chi connectivity index (χ2v) is 1.62. The van der Waals surface area contributed by atoms with Gasteiger partial charge in [-0.05, 0) is 0 Å². The number of nitrogens with zero attached hydrogens (tertiary/aromatic N) is 1. The first-order valence-electron chi connectivity index (χ1n) is 2.54. The molecule has 1 unspecified atom stereocenters. The summed E-state index contributed by atoms with van der Waals surface area (Å²) in [5.74, 6) is 0. The molecule has 0 aliphatic carbocycles. The Kier molecular flexibility index (Phi) is 1.81. The minimum Gasteiger partial charge on any atom is -0.364 e. The molecule has 50 valence electrons. The van der Waals surface area contributed by atoms with E-state index in [1.54, 1.807) is 6.20 Å². The highest BCUT2D eigenvalue weighted by Crippen LogP contribution is 2.08. The van der Waals surface area contributed by atoms with Gasteiger partial charge in [-0.1, -0.05) is 0 Å². The molecule has 4 nitrogen and oxygen atoms in total. The molecule has 0 aromatic carbocycles. The van der Waals surface area contributed by atoms with E-state index in [2.05, 4.69) is 14.9 Å². The van der Waals surface area contributed by atoms with Crippen LogP contribution in [0.1, 0.15) is 11.9 Å². The Morgan fingerprint density at radius 3 is 3.11 bits per heavy atom. The van der Waals surface area contributed by atoms with E-state index in [1.807, 2.05) is 0 Å². The third kappa shape index (κ3) is 1.28. The second kappa shape index (κ2) is 2.61. The molecule has 0 saturated carbocycles. The minimum atomic E-state index is -0.858. The predicted octanol–water partition coefficient (Wildman–Crippen LogP) is 0.0470. The lowest BCUT2D eigenvalue weighted by molar-refractivity contribution is -0.0769. The summed E-state index contributed by atoms with van der Waals surface area (Å²) in [5.41, 5.74) is 0.637. The van der Waals surface area contributed by atoms with Gasteiger partial charge >= 0.3 is 0 Å². The molecule has 0 fully saturated rings. The third-order valence-corrected chi connectivity index (χ3v) is 1.03. The van der Waals surface area contributed by atoms with Gasteiger partial charge in [0.15, 0.2) is 6.29 Å². The number of hydrogen-bond acceptors (Lipinski definition) is 3. The van der Waals surface area contributed by atoms with E-state index in [4.69, 9.17) is 5.11 Å². The van der Waals surface area contributed by atoms with Crippen molar-refractivity contribution in [2.24, 2.45) is 0 Å². The first-order valence-corrected chi connectivity index (χ1v) is 2.54. The number of H-pyrrole nitrogens is 1. The number of aliphatic hydroxyl groups is 1. The van der Waals surface area contributed by atoms with Crippen LogP contribution in [0.3, 0.4) is 0 Å². The fourth-order valence-corrected chi connectivity index (χ4v) is 0.532. The maximum atomic E-state index is 8.94. The van der Waals surface area contributed by atoms with Crippen LogP contribution in [0.4, 0.5) is 0 Å². The van der Waals surface area contributed by atoms with Crippen molar-refractivity contribution in [2.75, 3.05) is 7.11 Å². The Balaban J connectivity index is 2.65. The third-order valence-electron chi connectivity index (χ3n) is 1.03. The van der Waals surface area contributed by atoms with E-state index < -0.39 is 6.29 Å². The molecule has 4 heteroatoms. The molecule has 0 radical (unpaired) electrons. The standard InChI is InChI=1S/C5H8N2O2/c1-9-5(8)4-2-6-7-3-4/h2-3,5,8H,1H3,(H,6,7). The maximum absolute atomic E-state index is 8.94. The summed E-state index contributed by atoms with van der Waals surface area (Å²) < 4.78 is 4.59. The zero-order chi connectivity index (χ0) is 6.69. The van der Waals surface area contributed by atoms with Gasteiger partial charge in [0.1, 0.15) is 0 Å². The molecule has 0 aliphatic heterocycles. The van der Waals surface area contributed by atoms with Crippen molar-refractivity contribution in [2.45, 2.75) is 6.29 Å². The van der Waals surface area contributed by atoms with Crippen molar-refractivity contribution in [3.63, 3.8) is 0 Å². The monoisotopic (exact) mass is 128 g/mol. The molecule has 1 aromatic heterocycles. The quantitative estimate of drug-likeness (QED) is 0.553. The minimum absolute atomic E-state index is 0.637. The van der Waals surface area contributed by atoms with Crippen molar-refractivity contribution in [1.82, 2.24) is 10.2 Å². The highest BCUT2D eigenvalue weighted by Gasteiger charge is 2.04. The summed E-state index contributed by atoms with van der Waals surface area (Å²) in [6, 6.07) is 0. The summed E-state index contributed by atoms with van der Waals surface area (Å²) in [5, 5.41) is 15.1. The predicted molar refractivity (Wildman–Crippen MR) is 30.6 cm³/mol. The smallest absolute Gasteiger partial charge is 0.183 e. The van der Waals surface area contributed by atoms with Crippen LogP contribution >= 0.6 is 0 Å². The van der Waals surface area contributed by atoms with Crippen molar-refractivity contribution >= 4 is 0 Å². The van der Waals surface area contributed by atoms with Gasteiger partial charge in [-0.15, -0.1) is 0 Å². The molecule has 0 aliphatic rings. The SMILES string of the molecule is COC(O)c1cn[nH]c1. The number of rotatable bonds is 2. The number of methoxy groups -OCH3 is 1. The molecule has 1 atom stereocenters. The normalized spacial score (nSPS) is 13.6. The zero-order valence-electron chi connectivity index (χ0n) is 5.03. The Morgan fingerprint density at radius 2 is 2.67 bits per heavy atom. The summed E-state index contributed by atoms with van der Waals surface area (Å²) in [6.07, 6.45) is 2.23. The van der Waals surface area contributed by atoms with E-state index in [9.17, 15) is 0 Å².